The zero-order valence-corrected chi connectivity index (χ0v) is 17.2. The van der Waals surface area contributed by atoms with E-state index in [9.17, 15) is 4.79 Å². The maximum absolute atomic E-state index is 10.9. The monoisotopic (exact) mass is 417 g/mol. The number of carboxylic acid groups (broad SMARTS) is 1. The van der Waals surface area contributed by atoms with Gasteiger partial charge in [0.15, 0.2) is 10.6 Å². The Kier molecular flexibility index (Phi) is 5.49. The van der Waals surface area contributed by atoms with Crippen LogP contribution >= 0.6 is 11.5 Å². The van der Waals surface area contributed by atoms with Gasteiger partial charge < -0.3 is 10.4 Å². The molecule has 0 saturated carbocycles. The van der Waals surface area contributed by atoms with Gasteiger partial charge in [-0.3, -0.25) is 4.99 Å². The van der Waals surface area contributed by atoms with Crippen LogP contribution < -0.4 is 5.32 Å². The Hall–Kier alpha value is -3.65. The Labute approximate surface area is 177 Å². The quantitative estimate of drug-likeness (QED) is 0.441. The summed E-state index contributed by atoms with van der Waals surface area (Å²) >= 11 is 1.23. The first kappa shape index (κ1) is 19.7. The molecule has 0 aliphatic heterocycles. The number of hydrogen-bond acceptors (Lipinski definition) is 7. The molecule has 1 atom stereocenters. The zero-order chi connectivity index (χ0) is 21.1. The molecule has 4 rings (SSSR count). The Morgan fingerprint density at radius 3 is 2.77 bits per heavy atom. The molecule has 4 aromatic rings. The highest BCUT2D eigenvalue weighted by Gasteiger charge is 2.13. The number of benzene rings is 2. The fourth-order valence-electron chi connectivity index (χ4n) is 2.97. The number of hydrogen-bond donors (Lipinski definition) is 2. The normalized spacial score (nSPS) is 12.3. The lowest BCUT2D eigenvalue weighted by atomic mass is 9.99. The second-order valence-corrected chi connectivity index (χ2v) is 7.49. The van der Waals surface area contributed by atoms with E-state index in [1.54, 1.807) is 6.20 Å². The van der Waals surface area contributed by atoms with Gasteiger partial charge in [0.05, 0.1) is 6.20 Å². The van der Waals surface area contributed by atoms with Gasteiger partial charge in [-0.05, 0) is 48.1 Å². The van der Waals surface area contributed by atoms with Crippen LogP contribution in [0.5, 0.6) is 0 Å². The molecule has 2 aromatic heterocycles. The lowest BCUT2D eigenvalue weighted by Gasteiger charge is -2.12. The van der Waals surface area contributed by atoms with Crippen molar-refractivity contribution in [2.45, 2.75) is 19.9 Å². The number of fused-ring (bicyclic) bond motifs is 1. The summed E-state index contributed by atoms with van der Waals surface area (Å²) in [5.74, 6) is -0.351. The third kappa shape index (κ3) is 4.04. The van der Waals surface area contributed by atoms with Crippen molar-refractivity contribution in [3.8, 4) is 11.1 Å². The molecule has 8 heteroatoms. The van der Waals surface area contributed by atoms with Crippen LogP contribution in [-0.4, -0.2) is 37.7 Å². The molecule has 0 saturated heterocycles. The zero-order valence-electron chi connectivity index (χ0n) is 16.4. The largest absolute Gasteiger partial charge is 0.480 e. The van der Waals surface area contributed by atoms with Gasteiger partial charge in [-0.25, -0.2) is 14.8 Å². The van der Waals surface area contributed by atoms with Crippen LogP contribution in [0.25, 0.3) is 21.5 Å². The minimum absolute atomic E-state index is 0.494. The molecule has 1 unspecified atom stereocenters. The average Bonchev–Trinajstić information content (AvgIpc) is 3.16. The first-order chi connectivity index (χ1) is 14.5. The van der Waals surface area contributed by atoms with E-state index >= 15 is 0 Å². The fourth-order valence-corrected chi connectivity index (χ4v) is 3.66. The van der Waals surface area contributed by atoms with Gasteiger partial charge >= 0.3 is 5.97 Å². The van der Waals surface area contributed by atoms with Crippen molar-refractivity contribution in [2.75, 3.05) is 5.32 Å². The first-order valence-electron chi connectivity index (χ1n) is 9.33. The van der Waals surface area contributed by atoms with E-state index in [1.807, 2.05) is 30.3 Å². The van der Waals surface area contributed by atoms with Crippen LogP contribution in [0, 0.1) is 6.92 Å². The van der Waals surface area contributed by atoms with Crippen molar-refractivity contribution in [2.24, 2.45) is 4.99 Å². The minimum Gasteiger partial charge on any atom is -0.480 e. The lowest BCUT2D eigenvalue weighted by molar-refractivity contribution is -0.137. The first-order valence-corrected chi connectivity index (χ1v) is 10.1. The maximum Gasteiger partial charge on any atom is 0.328 e. The van der Waals surface area contributed by atoms with Crippen molar-refractivity contribution in [3.05, 3.63) is 66.0 Å². The van der Waals surface area contributed by atoms with E-state index in [4.69, 9.17) is 5.11 Å². The van der Waals surface area contributed by atoms with E-state index in [-0.39, 0.29) is 0 Å². The molecule has 0 aliphatic rings. The molecular weight excluding hydrogens is 398 g/mol. The number of carboxylic acids is 1. The minimum atomic E-state index is -0.988. The number of aromatic nitrogens is 3. The molecule has 2 aromatic carbocycles. The summed E-state index contributed by atoms with van der Waals surface area (Å²) in [4.78, 5) is 24.4. The number of nitrogens with zero attached hydrogens (tertiary/aromatic N) is 4. The number of nitrogens with one attached hydrogen (secondary N) is 1. The van der Waals surface area contributed by atoms with Gasteiger partial charge in [0, 0.05) is 11.9 Å². The average molecular weight is 417 g/mol. The summed E-state index contributed by atoms with van der Waals surface area (Å²) in [6, 6.07) is 15.5. The maximum atomic E-state index is 10.9. The number of carbonyl (C=O) groups is 1. The molecule has 0 bridgehead atoms. The highest BCUT2D eigenvalue weighted by molar-refractivity contribution is 7.13. The molecule has 7 nitrogen and oxygen atoms in total. The van der Waals surface area contributed by atoms with Crippen LogP contribution in [0.4, 0.5) is 11.5 Å². The predicted molar refractivity (Wildman–Crippen MR) is 120 cm³/mol. The Bertz CT molecular complexity index is 1240. The van der Waals surface area contributed by atoms with Crippen molar-refractivity contribution in [1.82, 2.24) is 14.3 Å². The van der Waals surface area contributed by atoms with Crippen molar-refractivity contribution in [1.29, 1.82) is 0 Å². The second kappa shape index (κ2) is 8.38. The highest BCUT2D eigenvalue weighted by Crippen LogP contribution is 2.32. The van der Waals surface area contributed by atoms with Gasteiger partial charge in [0.25, 0.3) is 0 Å². The number of anilines is 2. The Morgan fingerprint density at radius 2 is 2.00 bits per heavy atom. The highest BCUT2D eigenvalue weighted by atomic mass is 32.1. The predicted octanol–water partition coefficient (Wildman–Crippen LogP) is 4.70. The van der Waals surface area contributed by atoms with Crippen LogP contribution in [0.3, 0.4) is 0 Å². The summed E-state index contributed by atoms with van der Waals surface area (Å²) in [7, 11) is 0. The van der Waals surface area contributed by atoms with Gasteiger partial charge in [-0.1, -0.05) is 42.5 Å². The number of aliphatic carboxylic acids is 1. The van der Waals surface area contributed by atoms with Gasteiger partial charge in [0.1, 0.15) is 17.3 Å². The molecule has 0 fully saturated rings. The third-order valence-electron chi connectivity index (χ3n) is 4.67. The molecule has 0 amide bonds. The fraction of sp³-hybridized carbons (Fsp3) is 0.136. The molecule has 0 radical (unpaired) electrons. The second-order valence-electron chi connectivity index (χ2n) is 6.74. The van der Waals surface area contributed by atoms with E-state index in [0.717, 1.165) is 22.4 Å². The van der Waals surface area contributed by atoms with Crippen molar-refractivity contribution < 1.29 is 9.90 Å². The number of rotatable bonds is 6. The molecule has 30 heavy (non-hydrogen) atoms. The van der Waals surface area contributed by atoms with Gasteiger partial charge in [-0.15, -0.1) is 0 Å². The standard InChI is InChI=1S/C22H19N5O2S/c1-13-17(15-7-4-3-5-8-15)9-6-10-18(13)26-20-19-21(30-27-20)25-16(12-24-19)11-23-14(2)22(28)29/h3-12,14H,1-2H3,(H,26,27)(H,28,29). The molecular formula is C22H19N5O2S. The Morgan fingerprint density at radius 1 is 1.20 bits per heavy atom. The molecule has 2 heterocycles. The van der Waals surface area contributed by atoms with E-state index in [0.29, 0.717) is 21.9 Å². The van der Waals surface area contributed by atoms with Gasteiger partial charge in [0.2, 0.25) is 0 Å². The third-order valence-corrected chi connectivity index (χ3v) is 5.40. The topological polar surface area (TPSA) is 100 Å². The summed E-state index contributed by atoms with van der Waals surface area (Å²) in [6.07, 6.45) is 2.98. The van der Waals surface area contributed by atoms with Crippen LogP contribution in [-0.2, 0) is 4.79 Å². The van der Waals surface area contributed by atoms with Crippen LogP contribution in [0.1, 0.15) is 18.2 Å². The molecule has 0 spiro atoms. The summed E-state index contributed by atoms with van der Waals surface area (Å²) in [6.45, 7) is 3.58. The van der Waals surface area contributed by atoms with E-state index < -0.39 is 12.0 Å². The Balaban J connectivity index is 1.62. The molecule has 2 N–H and O–H groups in total. The van der Waals surface area contributed by atoms with Crippen molar-refractivity contribution >= 4 is 45.6 Å². The lowest BCUT2D eigenvalue weighted by Crippen LogP contribution is -2.13. The summed E-state index contributed by atoms with van der Waals surface area (Å²) in [5, 5.41) is 12.3. The summed E-state index contributed by atoms with van der Waals surface area (Å²) < 4.78 is 4.47. The van der Waals surface area contributed by atoms with E-state index in [1.165, 1.54) is 24.7 Å². The SMILES string of the molecule is Cc1c(Nc2nsc3nc(C=NC(C)C(=O)O)cnc23)cccc1-c1ccccc1. The van der Waals surface area contributed by atoms with Crippen LogP contribution in [0.15, 0.2) is 59.7 Å². The van der Waals surface area contributed by atoms with Crippen molar-refractivity contribution in [3.63, 3.8) is 0 Å². The number of aliphatic imine (C=N–C) groups is 1. The summed E-state index contributed by atoms with van der Waals surface area (Å²) in [5.41, 5.74) is 5.52. The molecule has 0 aliphatic carbocycles. The smallest absolute Gasteiger partial charge is 0.328 e. The molecule has 150 valence electrons. The van der Waals surface area contributed by atoms with Crippen LogP contribution in [0.2, 0.25) is 0 Å². The van der Waals surface area contributed by atoms with Gasteiger partial charge in [-0.2, -0.15) is 4.37 Å². The van der Waals surface area contributed by atoms with E-state index in [2.05, 4.69) is 49.8 Å².